The highest BCUT2D eigenvalue weighted by atomic mass is 32.2. The van der Waals surface area contributed by atoms with Crippen LogP contribution in [-0.2, 0) is 14.3 Å². The van der Waals surface area contributed by atoms with E-state index in [-0.39, 0.29) is 23.7 Å². The Labute approximate surface area is 149 Å². The molecule has 0 bridgehead atoms. The molecular weight excluding hydrogens is 332 g/mol. The molecular formula is C16H32N2O5S. The number of hydrogen-bond acceptors (Lipinski definition) is 7. The summed E-state index contributed by atoms with van der Waals surface area (Å²) < 4.78 is 11.1. The van der Waals surface area contributed by atoms with Crippen LogP contribution >= 0.6 is 11.8 Å². The van der Waals surface area contributed by atoms with Crippen molar-refractivity contribution in [3.05, 3.63) is 12.3 Å². The van der Waals surface area contributed by atoms with E-state index in [1.807, 2.05) is 27.7 Å². The number of ether oxygens (including phenoxy) is 2. The molecule has 142 valence electrons. The predicted octanol–water partition coefficient (Wildman–Crippen LogP) is 1.16. The smallest absolute Gasteiger partial charge is 0.359 e. The van der Waals surface area contributed by atoms with Gasteiger partial charge in [0.05, 0.1) is 6.10 Å². The van der Waals surface area contributed by atoms with Crippen molar-refractivity contribution in [2.45, 2.75) is 63.8 Å². The quantitative estimate of drug-likeness (QED) is 0.360. The summed E-state index contributed by atoms with van der Waals surface area (Å²) in [7, 11) is 0. The van der Waals surface area contributed by atoms with Gasteiger partial charge in [-0.1, -0.05) is 20.4 Å². The summed E-state index contributed by atoms with van der Waals surface area (Å²) in [5, 5.41) is 21.7. The zero-order valence-electron chi connectivity index (χ0n) is 15.2. The van der Waals surface area contributed by atoms with Gasteiger partial charge in [-0.2, -0.15) is 11.8 Å². The van der Waals surface area contributed by atoms with Crippen LogP contribution < -0.4 is 11.1 Å². The van der Waals surface area contributed by atoms with Crippen molar-refractivity contribution in [2.75, 3.05) is 19.0 Å². The minimum atomic E-state index is -1.97. The molecule has 3 unspecified atom stereocenters. The van der Waals surface area contributed by atoms with Crippen LogP contribution in [-0.4, -0.2) is 64.4 Å². The molecule has 0 aromatic heterocycles. The molecule has 0 saturated heterocycles. The Morgan fingerprint density at radius 3 is 2.33 bits per heavy atom. The minimum Gasteiger partial charge on any atom is -0.478 e. The summed E-state index contributed by atoms with van der Waals surface area (Å²) in [5.41, 5.74) is 4.61. The molecule has 0 fully saturated rings. The summed E-state index contributed by atoms with van der Waals surface area (Å²) in [4.78, 5) is 11.6. The topological polar surface area (TPSA) is 114 Å². The summed E-state index contributed by atoms with van der Waals surface area (Å²) in [5.74, 6) is -0.432. The number of rotatable bonds is 13. The molecule has 24 heavy (non-hydrogen) atoms. The van der Waals surface area contributed by atoms with Crippen molar-refractivity contribution >= 4 is 17.7 Å². The molecule has 0 spiro atoms. The van der Waals surface area contributed by atoms with Gasteiger partial charge in [0.25, 0.3) is 5.72 Å². The van der Waals surface area contributed by atoms with Gasteiger partial charge in [-0.05, 0) is 26.5 Å². The lowest BCUT2D eigenvalue weighted by Gasteiger charge is -2.36. The Morgan fingerprint density at radius 2 is 1.96 bits per heavy atom. The fraction of sp³-hybridized carbons (Fsp3) is 0.812. The van der Waals surface area contributed by atoms with Crippen molar-refractivity contribution < 1.29 is 24.5 Å². The van der Waals surface area contributed by atoms with E-state index in [4.69, 9.17) is 15.2 Å². The van der Waals surface area contributed by atoms with Crippen LogP contribution in [0.5, 0.6) is 0 Å². The number of nitrogens with one attached hydrogen (secondary N) is 1. The Bertz CT molecular complexity index is 408. The zero-order valence-corrected chi connectivity index (χ0v) is 16.1. The van der Waals surface area contributed by atoms with Crippen molar-refractivity contribution in [3.8, 4) is 0 Å². The maximum absolute atomic E-state index is 11.6. The molecule has 0 aliphatic heterocycles. The average molecular weight is 365 g/mol. The largest absolute Gasteiger partial charge is 0.478 e. The highest BCUT2D eigenvalue weighted by Crippen LogP contribution is 2.22. The van der Waals surface area contributed by atoms with Gasteiger partial charge in [-0.15, -0.1) is 0 Å². The number of aliphatic carboxylic acids is 1. The van der Waals surface area contributed by atoms with E-state index < -0.39 is 30.4 Å². The molecule has 0 aromatic carbocycles. The van der Waals surface area contributed by atoms with Gasteiger partial charge in [0.1, 0.15) is 12.7 Å². The normalized spacial score (nSPS) is 17.8. The van der Waals surface area contributed by atoms with Crippen molar-refractivity contribution in [3.63, 3.8) is 0 Å². The molecule has 0 rings (SSSR count). The van der Waals surface area contributed by atoms with Gasteiger partial charge < -0.3 is 30.7 Å². The Morgan fingerprint density at radius 1 is 1.38 bits per heavy atom. The Hall–Kier alpha value is -0.800. The molecule has 7 nitrogen and oxygen atoms in total. The summed E-state index contributed by atoms with van der Waals surface area (Å²) in [6.07, 6.45) is -0.747. The monoisotopic (exact) mass is 364 g/mol. The maximum Gasteiger partial charge on any atom is 0.359 e. The number of thioether (sulfide) groups is 1. The molecule has 0 amide bonds. The summed E-state index contributed by atoms with van der Waals surface area (Å²) in [6.45, 7) is 12.6. The third-order valence-corrected chi connectivity index (χ3v) is 4.58. The van der Waals surface area contributed by atoms with Crippen LogP contribution in [0, 0.1) is 0 Å². The molecule has 0 aliphatic rings. The third kappa shape index (κ3) is 6.60. The van der Waals surface area contributed by atoms with Gasteiger partial charge in [-0.3, -0.25) is 0 Å². The number of hydrogen-bond donors (Lipinski definition) is 4. The van der Waals surface area contributed by atoms with E-state index in [2.05, 4.69) is 11.9 Å². The molecule has 0 heterocycles. The van der Waals surface area contributed by atoms with Crippen LogP contribution in [0.2, 0.25) is 0 Å². The number of nitrogens with two attached hydrogens (primary N) is 1. The van der Waals surface area contributed by atoms with Crippen LogP contribution in [0.15, 0.2) is 12.3 Å². The van der Waals surface area contributed by atoms with Crippen molar-refractivity contribution in [2.24, 2.45) is 5.73 Å². The molecule has 5 N–H and O–H groups in total. The molecule has 4 atom stereocenters. The second-order valence-electron chi connectivity index (χ2n) is 5.72. The lowest BCUT2D eigenvalue weighted by molar-refractivity contribution is -0.176. The first-order valence-corrected chi connectivity index (χ1v) is 9.17. The number of carboxylic acids is 1. The molecule has 0 saturated carbocycles. The van der Waals surface area contributed by atoms with Crippen molar-refractivity contribution in [1.82, 2.24) is 5.32 Å². The van der Waals surface area contributed by atoms with E-state index in [1.54, 1.807) is 18.7 Å². The fourth-order valence-corrected chi connectivity index (χ4v) is 3.09. The number of aliphatic hydroxyl groups is 1. The molecule has 0 aromatic rings. The van der Waals surface area contributed by atoms with Gasteiger partial charge in [0, 0.05) is 23.6 Å². The minimum absolute atomic E-state index is 0.0812. The predicted molar refractivity (Wildman–Crippen MR) is 96.9 cm³/mol. The molecule has 0 aliphatic carbocycles. The van der Waals surface area contributed by atoms with Crippen LogP contribution in [0.3, 0.4) is 0 Å². The zero-order chi connectivity index (χ0) is 18.9. The van der Waals surface area contributed by atoms with Gasteiger partial charge in [0.15, 0.2) is 0 Å². The molecule has 0 radical (unpaired) electrons. The lowest BCUT2D eigenvalue weighted by Crippen LogP contribution is -2.60. The standard InChI is InChI=1S/C16H32N2O5S/c1-7-22-16(9-19,15(20)21)18-11(5)14(23-10(3)4)13(17)12(6)24-8-2/h10,12-14,18-19H,5,7-9,17H2,1-4,6H3,(H,20,21)/t12?,13-,14?,16?/m1/s1. The first-order valence-electron chi connectivity index (χ1n) is 8.12. The van der Waals surface area contributed by atoms with Crippen molar-refractivity contribution in [1.29, 1.82) is 0 Å². The third-order valence-electron chi connectivity index (χ3n) is 3.40. The number of aliphatic hydroxyl groups excluding tert-OH is 1. The maximum atomic E-state index is 11.6. The summed E-state index contributed by atoms with van der Waals surface area (Å²) in [6, 6.07) is -0.399. The second kappa shape index (κ2) is 10.9. The van der Waals surface area contributed by atoms with E-state index in [0.717, 1.165) is 5.75 Å². The first kappa shape index (κ1) is 23.2. The van der Waals surface area contributed by atoms with E-state index >= 15 is 0 Å². The second-order valence-corrected chi connectivity index (χ2v) is 7.37. The lowest BCUT2D eigenvalue weighted by atomic mass is 10.0. The van der Waals surface area contributed by atoms with Gasteiger partial charge in [0.2, 0.25) is 0 Å². The first-order chi connectivity index (χ1) is 11.1. The Balaban J connectivity index is 5.39. The van der Waals surface area contributed by atoms with Crippen LogP contribution in [0.1, 0.15) is 34.6 Å². The SMILES string of the molecule is C=C(NC(CO)(OCC)C(=O)O)C(OC(C)C)[C@H](N)C(C)SCC. The fourth-order valence-electron chi connectivity index (χ4n) is 2.20. The summed E-state index contributed by atoms with van der Waals surface area (Å²) >= 11 is 1.68. The average Bonchev–Trinajstić information content (AvgIpc) is 2.50. The number of carboxylic acid groups (broad SMARTS) is 1. The molecule has 8 heteroatoms. The number of carbonyl (C=O) groups is 1. The van der Waals surface area contributed by atoms with E-state index in [1.165, 1.54) is 0 Å². The van der Waals surface area contributed by atoms with Gasteiger partial charge >= 0.3 is 5.97 Å². The van der Waals surface area contributed by atoms with E-state index in [9.17, 15) is 15.0 Å². The van der Waals surface area contributed by atoms with Crippen LogP contribution in [0.25, 0.3) is 0 Å². The van der Waals surface area contributed by atoms with Crippen LogP contribution in [0.4, 0.5) is 0 Å². The Kier molecular flexibility index (Phi) is 10.6. The highest BCUT2D eigenvalue weighted by Gasteiger charge is 2.41. The highest BCUT2D eigenvalue weighted by molar-refractivity contribution is 7.99. The van der Waals surface area contributed by atoms with E-state index in [0.29, 0.717) is 0 Å². The van der Waals surface area contributed by atoms with Gasteiger partial charge in [-0.25, -0.2) is 4.79 Å².